The molecule has 1 aromatic carbocycles. The highest BCUT2D eigenvalue weighted by atomic mass is 16.3. The molecule has 3 aliphatic rings. The number of rotatable bonds is 1. The van der Waals surface area contributed by atoms with Gasteiger partial charge in [0, 0.05) is 30.2 Å². The Hall–Kier alpha value is -2.14. The van der Waals surface area contributed by atoms with Crippen molar-refractivity contribution in [3.63, 3.8) is 0 Å². The summed E-state index contributed by atoms with van der Waals surface area (Å²) in [5.74, 6) is -0.151. The first kappa shape index (κ1) is 14.2. The van der Waals surface area contributed by atoms with E-state index in [1.165, 1.54) is 5.56 Å². The molecule has 1 N–H and O–H groups in total. The molecule has 2 bridgehead atoms. The van der Waals surface area contributed by atoms with E-state index in [9.17, 15) is 14.7 Å². The van der Waals surface area contributed by atoms with Gasteiger partial charge in [-0.15, -0.1) is 0 Å². The van der Waals surface area contributed by atoms with Crippen LogP contribution in [0.2, 0.25) is 0 Å². The standard InChI is InChI=1S/C19H20N2O3/c22-14-8-12-4-5-13(9-14)21(12)19(24)16-10-20-7-6-11-2-1-3-15(17(11)20)18(16)23/h1-3,10,12-14,22H,4-9H2/t12-,13+,14?. The summed E-state index contributed by atoms with van der Waals surface area (Å²) in [5.41, 5.74) is 2.30. The van der Waals surface area contributed by atoms with Crippen LogP contribution in [0.5, 0.6) is 0 Å². The maximum atomic E-state index is 13.1. The number of amides is 1. The van der Waals surface area contributed by atoms with E-state index >= 15 is 0 Å². The number of benzene rings is 1. The number of piperidine rings is 1. The van der Waals surface area contributed by atoms with E-state index in [-0.39, 0.29) is 35.1 Å². The van der Waals surface area contributed by atoms with E-state index in [4.69, 9.17) is 0 Å². The molecule has 2 fully saturated rings. The quantitative estimate of drug-likeness (QED) is 0.868. The number of carbonyl (C=O) groups is 1. The molecule has 5 heteroatoms. The lowest BCUT2D eigenvalue weighted by molar-refractivity contribution is 0.0285. The molecule has 1 unspecified atom stereocenters. The summed E-state index contributed by atoms with van der Waals surface area (Å²) >= 11 is 0. The van der Waals surface area contributed by atoms with Gasteiger partial charge in [-0.05, 0) is 43.7 Å². The van der Waals surface area contributed by atoms with Crippen molar-refractivity contribution in [1.29, 1.82) is 0 Å². The number of aliphatic hydroxyl groups excluding tert-OH is 1. The maximum Gasteiger partial charge on any atom is 0.259 e. The lowest BCUT2D eigenvalue weighted by atomic mass is 9.98. The first-order chi connectivity index (χ1) is 11.6. The Morgan fingerprint density at radius 3 is 2.67 bits per heavy atom. The number of para-hydroxylation sites is 1. The fourth-order valence-corrected chi connectivity index (χ4v) is 4.93. The molecule has 0 saturated carbocycles. The topological polar surface area (TPSA) is 62.5 Å². The number of aromatic nitrogens is 1. The molecule has 0 aliphatic carbocycles. The summed E-state index contributed by atoms with van der Waals surface area (Å²) in [4.78, 5) is 28.0. The molecular formula is C19H20N2O3. The van der Waals surface area contributed by atoms with E-state index < -0.39 is 0 Å². The summed E-state index contributed by atoms with van der Waals surface area (Å²) in [6.45, 7) is 0.821. The Balaban J connectivity index is 1.63. The lowest BCUT2D eigenvalue weighted by Gasteiger charge is -2.37. The van der Waals surface area contributed by atoms with Crippen LogP contribution in [0.4, 0.5) is 0 Å². The summed E-state index contributed by atoms with van der Waals surface area (Å²) in [5, 5.41) is 10.6. The van der Waals surface area contributed by atoms with Crippen LogP contribution >= 0.6 is 0 Å². The van der Waals surface area contributed by atoms with E-state index in [1.54, 1.807) is 6.20 Å². The SMILES string of the molecule is O=C(c1cn2c3c(cccc3c1=O)CC2)N1[C@@H]2CC[C@H]1CC(O)C2. The highest BCUT2D eigenvalue weighted by Gasteiger charge is 2.43. The highest BCUT2D eigenvalue weighted by Crippen LogP contribution is 2.36. The third-order valence-electron chi connectivity index (χ3n) is 5.98. The van der Waals surface area contributed by atoms with Gasteiger partial charge in [0.05, 0.1) is 11.6 Å². The number of hydrogen-bond donors (Lipinski definition) is 1. The summed E-state index contributed by atoms with van der Waals surface area (Å²) in [6, 6.07) is 5.94. The minimum absolute atomic E-state index is 0.0752. The number of fused-ring (bicyclic) bond motifs is 2. The monoisotopic (exact) mass is 324 g/mol. The first-order valence-electron chi connectivity index (χ1n) is 8.79. The summed E-state index contributed by atoms with van der Waals surface area (Å²) in [6.07, 6.45) is 5.48. The molecule has 1 amide bonds. The largest absolute Gasteiger partial charge is 0.393 e. The number of pyridine rings is 1. The smallest absolute Gasteiger partial charge is 0.259 e. The number of nitrogens with zero attached hydrogens (tertiary/aromatic N) is 2. The number of hydrogen-bond acceptors (Lipinski definition) is 3. The molecule has 3 aliphatic heterocycles. The van der Waals surface area contributed by atoms with Crippen LogP contribution in [0, 0.1) is 0 Å². The average molecular weight is 324 g/mol. The second-order valence-electron chi connectivity index (χ2n) is 7.35. The molecule has 24 heavy (non-hydrogen) atoms. The fraction of sp³-hybridized carbons (Fsp3) is 0.474. The molecule has 3 atom stereocenters. The molecule has 0 spiro atoms. The first-order valence-corrected chi connectivity index (χ1v) is 8.79. The Morgan fingerprint density at radius 1 is 1.17 bits per heavy atom. The second-order valence-corrected chi connectivity index (χ2v) is 7.35. The van der Waals surface area contributed by atoms with Gasteiger partial charge in [-0.25, -0.2) is 0 Å². The minimum Gasteiger partial charge on any atom is -0.393 e. The van der Waals surface area contributed by atoms with Crippen molar-refractivity contribution >= 4 is 16.8 Å². The maximum absolute atomic E-state index is 13.1. The van der Waals surface area contributed by atoms with Gasteiger partial charge < -0.3 is 14.6 Å². The van der Waals surface area contributed by atoms with Gasteiger partial charge >= 0.3 is 0 Å². The van der Waals surface area contributed by atoms with Crippen LogP contribution in [-0.4, -0.2) is 38.7 Å². The normalized spacial score (nSPS) is 27.9. The Labute approximate surface area is 139 Å². The molecule has 124 valence electrons. The second kappa shape index (κ2) is 4.93. The number of carbonyl (C=O) groups excluding carboxylic acids is 1. The predicted molar refractivity (Wildman–Crippen MR) is 90.1 cm³/mol. The van der Waals surface area contributed by atoms with Crippen LogP contribution < -0.4 is 5.43 Å². The van der Waals surface area contributed by atoms with E-state index in [0.717, 1.165) is 31.3 Å². The van der Waals surface area contributed by atoms with Crippen LogP contribution in [0.25, 0.3) is 10.9 Å². The van der Waals surface area contributed by atoms with Crippen molar-refractivity contribution in [3.05, 3.63) is 45.7 Å². The van der Waals surface area contributed by atoms with E-state index in [2.05, 4.69) is 10.6 Å². The van der Waals surface area contributed by atoms with Crippen LogP contribution in [-0.2, 0) is 13.0 Å². The predicted octanol–water partition coefficient (Wildman–Crippen LogP) is 1.69. The van der Waals surface area contributed by atoms with Crippen molar-refractivity contribution in [3.8, 4) is 0 Å². The van der Waals surface area contributed by atoms with Crippen molar-refractivity contribution in [1.82, 2.24) is 9.47 Å². The van der Waals surface area contributed by atoms with Crippen LogP contribution in [0.15, 0.2) is 29.2 Å². The molecule has 2 saturated heterocycles. The third-order valence-corrected chi connectivity index (χ3v) is 5.98. The average Bonchev–Trinajstić information content (AvgIpc) is 3.10. The highest BCUT2D eigenvalue weighted by molar-refractivity contribution is 5.98. The minimum atomic E-state index is -0.315. The summed E-state index contributed by atoms with van der Waals surface area (Å²) in [7, 11) is 0. The van der Waals surface area contributed by atoms with Crippen LogP contribution in [0.3, 0.4) is 0 Å². The zero-order valence-electron chi connectivity index (χ0n) is 13.4. The zero-order chi connectivity index (χ0) is 16.4. The van der Waals surface area contributed by atoms with Crippen molar-refractivity contribution in [2.24, 2.45) is 0 Å². The molecule has 4 heterocycles. The molecular weight excluding hydrogens is 304 g/mol. The lowest BCUT2D eigenvalue weighted by Crippen LogP contribution is -2.49. The Kier molecular flexibility index (Phi) is 2.92. The molecule has 1 aromatic heterocycles. The Bertz CT molecular complexity index is 903. The third kappa shape index (κ3) is 1.85. The molecule has 5 rings (SSSR count). The molecule has 5 nitrogen and oxygen atoms in total. The fourth-order valence-electron chi connectivity index (χ4n) is 4.93. The number of aryl methyl sites for hydroxylation is 2. The van der Waals surface area contributed by atoms with Crippen molar-refractivity contribution in [2.45, 2.75) is 56.8 Å². The van der Waals surface area contributed by atoms with E-state index in [0.29, 0.717) is 18.2 Å². The van der Waals surface area contributed by atoms with Gasteiger partial charge in [0.15, 0.2) is 0 Å². The van der Waals surface area contributed by atoms with Crippen LogP contribution in [0.1, 0.15) is 41.6 Å². The molecule has 0 radical (unpaired) electrons. The van der Waals surface area contributed by atoms with Gasteiger partial charge in [0.1, 0.15) is 5.56 Å². The van der Waals surface area contributed by atoms with E-state index in [1.807, 2.05) is 17.0 Å². The van der Waals surface area contributed by atoms with Gasteiger partial charge in [0.25, 0.3) is 5.91 Å². The van der Waals surface area contributed by atoms with Gasteiger partial charge in [-0.3, -0.25) is 9.59 Å². The van der Waals surface area contributed by atoms with Gasteiger partial charge in [0.2, 0.25) is 5.43 Å². The summed E-state index contributed by atoms with van der Waals surface area (Å²) < 4.78 is 2.06. The number of aliphatic hydroxyl groups is 1. The van der Waals surface area contributed by atoms with Crippen molar-refractivity contribution in [2.75, 3.05) is 0 Å². The Morgan fingerprint density at radius 2 is 1.92 bits per heavy atom. The van der Waals surface area contributed by atoms with Gasteiger partial charge in [-0.1, -0.05) is 12.1 Å². The van der Waals surface area contributed by atoms with Gasteiger partial charge in [-0.2, -0.15) is 0 Å². The zero-order valence-corrected chi connectivity index (χ0v) is 13.4. The molecule has 2 aromatic rings. The van der Waals surface area contributed by atoms with Crippen molar-refractivity contribution < 1.29 is 9.90 Å².